The molecule has 3 heterocycles. The zero-order chi connectivity index (χ0) is 15.4. The minimum Gasteiger partial charge on any atom is -0.350 e. The van der Waals surface area contributed by atoms with Crippen LogP contribution in [0.3, 0.4) is 0 Å². The van der Waals surface area contributed by atoms with Crippen molar-refractivity contribution < 1.29 is 4.79 Å². The number of carbonyl (C=O) groups excluding carboxylic acids is 1. The van der Waals surface area contributed by atoms with Gasteiger partial charge in [-0.25, -0.2) is 9.97 Å². The van der Waals surface area contributed by atoms with Crippen LogP contribution in [0.25, 0.3) is 0 Å². The van der Waals surface area contributed by atoms with E-state index in [0.717, 1.165) is 36.5 Å². The largest absolute Gasteiger partial charge is 0.350 e. The Balaban J connectivity index is 1.56. The molecule has 22 heavy (non-hydrogen) atoms. The van der Waals surface area contributed by atoms with Gasteiger partial charge in [0.05, 0.1) is 10.7 Å². The van der Waals surface area contributed by atoms with E-state index in [1.807, 2.05) is 25.3 Å². The normalized spacial score (nSPS) is 17.6. The van der Waals surface area contributed by atoms with Crippen molar-refractivity contribution in [1.29, 1.82) is 0 Å². The Kier molecular flexibility index (Phi) is 4.80. The summed E-state index contributed by atoms with van der Waals surface area (Å²) < 4.78 is 0. The lowest BCUT2D eigenvalue weighted by Crippen LogP contribution is -2.27. The van der Waals surface area contributed by atoms with Gasteiger partial charge in [0.1, 0.15) is 5.69 Å². The number of hydrogen-bond donors (Lipinski definition) is 2. The van der Waals surface area contributed by atoms with E-state index in [0.29, 0.717) is 12.2 Å². The van der Waals surface area contributed by atoms with Crippen LogP contribution in [0.5, 0.6) is 0 Å². The lowest BCUT2D eigenvalue weighted by Gasteiger charge is -2.11. The molecule has 1 fully saturated rings. The molecule has 0 aromatic carbocycles. The molecule has 1 saturated heterocycles. The van der Waals surface area contributed by atoms with Gasteiger partial charge in [0.2, 0.25) is 0 Å². The van der Waals surface area contributed by atoms with E-state index >= 15 is 0 Å². The van der Waals surface area contributed by atoms with Crippen LogP contribution in [-0.4, -0.2) is 29.0 Å². The molecule has 1 amide bonds. The van der Waals surface area contributed by atoms with Gasteiger partial charge in [-0.15, -0.1) is 11.3 Å². The van der Waals surface area contributed by atoms with Crippen molar-refractivity contribution in [2.24, 2.45) is 0 Å². The molecule has 5 nitrogen and oxygen atoms in total. The highest BCUT2D eigenvalue weighted by Gasteiger charge is 2.18. The van der Waals surface area contributed by atoms with Crippen molar-refractivity contribution in [1.82, 2.24) is 20.6 Å². The van der Waals surface area contributed by atoms with Crippen LogP contribution in [-0.2, 0) is 6.42 Å². The monoisotopic (exact) mass is 316 g/mol. The topological polar surface area (TPSA) is 66.9 Å². The summed E-state index contributed by atoms with van der Waals surface area (Å²) in [5.41, 5.74) is 1.45. The number of thiazole rings is 1. The summed E-state index contributed by atoms with van der Waals surface area (Å²) in [5.74, 6) is -0.117. The van der Waals surface area contributed by atoms with Crippen LogP contribution in [0.1, 0.15) is 45.0 Å². The molecular weight excluding hydrogens is 296 g/mol. The van der Waals surface area contributed by atoms with Crippen molar-refractivity contribution >= 4 is 17.2 Å². The Bertz CT molecular complexity index is 649. The molecule has 1 atom stereocenters. The Morgan fingerprint density at radius 2 is 2.41 bits per heavy atom. The molecule has 0 spiro atoms. The molecule has 6 heteroatoms. The van der Waals surface area contributed by atoms with E-state index in [4.69, 9.17) is 0 Å². The van der Waals surface area contributed by atoms with Gasteiger partial charge in [0, 0.05) is 30.1 Å². The first-order valence-corrected chi connectivity index (χ1v) is 8.44. The molecule has 116 valence electrons. The number of aromatic nitrogens is 2. The first kappa shape index (κ1) is 15.1. The van der Waals surface area contributed by atoms with Crippen molar-refractivity contribution in [3.05, 3.63) is 45.7 Å². The third kappa shape index (κ3) is 3.69. The fraction of sp³-hybridized carbons (Fsp3) is 0.438. The molecule has 2 N–H and O–H groups in total. The predicted octanol–water partition coefficient (Wildman–Crippen LogP) is 2.24. The average molecular weight is 316 g/mol. The molecule has 1 unspecified atom stereocenters. The number of hydrogen-bond acceptors (Lipinski definition) is 5. The van der Waals surface area contributed by atoms with Crippen LogP contribution in [0, 0.1) is 6.92 Å². The Morgan fingerprint density at radius 3 is 3.14 bits per heavy atom. The fourth-order valence-corrected chi connectivity index (χ4v) is 3.39. The van der Waals surface area contributed by atoms with E-state index in [1.54, 1.807) is 17.4 Å². The molecule has 0 radical (unpaired) electrons. The highest BCUT2D eigenvalue weighted by atomic mass is 32.1. The molecule has 0 saturated carbocycles. The molecule has 2 aromatic heterocycles. The average Bonchev–Trinajstić information content (AvgIpc) is 3.19. The smallest absolute Gasteiger partial charge is 0.269 e. The number of rotatable bonds is 5. The summed E-state index contributed by atoms with van der Waals surface area (Å²) in [6, 6.07) is 5.94. The summed E-state index contributed by atoms with van der Waals surface area (Å²) in [4.78, 5) is 22.2. The van der Waals surface area contributed by atoms with Gasteiger partial charge >= 0.3 is 0 Å². The zero-order valence-electron chi connectivity index (χ0n) is 12.6. The SMILES string of the molecule is Cc1cnc(CCNC(=O)c2cccc(C3CCCN3)n2)s1. The number of pyridine rings is 1. The van der Waals surface area contributed by atoms with Crippen LogP contribution < -0.4 is 10.6 Å². The molecule has 2 aromatic rings. The lowest BCUT2D eigenvalue weighted by atomic mass is 10.1. The number of aryl methyl sites for hydroxylation is 1. The van der Waals surface area contributed by atoms with Gasteiger partial charge in [0.15, 0.2) is 0 Å². The van der Waals surface area contributed by atoms with Crippen molar-refractivity contribution in [3.63, 3.8) is 0 Å². The van der Waals surface area contributed by atoms with E-state index in [9.17, 15) is 4.79 Å². The van der Waals surface area contributed by atoms with Gasteiger partial charge in [0.25, 0.3) is 5.91 Å². The van der Waals surface area contributed by atoms with Crippen LogP contribution in [0.2, 0.25) is 0 Å². The maximum atomic E-state index is 12.2. The van der Waals surface area contributed by atoms with Crippen LogP contribution in [0.4, 0.5) is 0 Å². The first-order chi connectivity index (χ1) is 10.7. The maximum Gasteiger partial charge on any atom is 0.269 e. The minimum absolute atomic E-state index is 0.117. The van der Waals surface area contributed by atoms with E-state index in [2.05, 4.69) is 20.6 Å². The minimum atomic E-state index is -0.117. The fourth-order valence-electron chi connectivity index (χ4n) is 2.60. The lowest BCUT2D eigenvalue weighted by molar-refractivity contribution is 0.0949. The Morgan fingerprint density at radius 1 is 1.50 bits per heavy atom. The standard InChI is InChI=1S/C16H20N4OS/c1-11-10-19-15(22-11)7-9-18-16(21)14-5-2-4-13(20-14)12-6-3-8-17-12/h2,4-5,10,12,17H,3,6-9H2,1H3,(H,18,21). The number of carbonyl (C=O) groups is 1. The number of amides is 1. The van der Waals surface area contributed by atoms with Crippen LogP contribution >= 0.6 is 11.3 Å². The third-order valence-electron chi connectivity index (χ3n) is 3.71. The van der Waals surface area contributed by atoms with Gasteiger partial charge < -0.3 is 10.6 Å². The summed E-state index contributed by atoms with van der Waals surface area (Å²) in [6.45, 7) is 3.64. The molecule has 1 aliphatic rings. The number of nitrogens with one attached hydrogen (secondary N) is 2. The second kappa shape index (κ2) is 6.98. The third-order valence-corrected chi connectivity index (χ3v) is 4.69. The molecular formula is C16H20N4OS. The first-order valence-electron chi connectivity index (χ1n) is 7.62. The predicted molar refractivity (Wildman–Crippen MR) is 87.1 cm³/mol. The summed E-state index contributed by atoms with van der Waals surface area (Å²) in [5, 5.41) is 7.37. The summed E-state index contributed by atoms with van der Waals surface area (Å²) >= 11 is 1.67. The van der Waals surface area contributed by atoms with E-state index in [1.165, 1.54) is 4.88 Å². The second-order valence-corrected chi connectivity index (χ2v) is 6.79. The Labute approximate surface area is 134 Å². The Hall–Kier alpha value is -1.79. The van der Waals surface area contributed by atoms with Crippen LogP contribution in [0.15, 0.2) is 24.4 Å². The van der Waals surface area contributed by atoms with Gasteiger partial charge in [-0.1, -0.05) is 6.07 Å². The number of nitrogens with zero attached hydrogens (tertiary/aromatic N) is 2. The summed E-state index contributed by atoms with van der Waals surface area (Å²) in [7, 11) is 0. The van der Waals surface area contributed by atoms with Gasteiger partial charge in [-0.2, -0.15) is 0 Å². The maximum absolute atomic E-state index is 12.2. The van der Waals surface area contributed by atoms with Crippen molar-refractivity contribution in [3.8, 4) is 0 Å². The molecule has 0 aliphatic carbocycles. The van der Waals surface area contributed by atoms with Crippen molar-refractivity contribution in [2.75, 3.05) is 13.1 Å². The zero-order valence-corrected chi connectivity index (χ0v) is 13.4. The van der Waals surface area contributed by atoms with Gasteiger partial charge in [-0.05, 0) is 38.4 Å². The van der Waals surface area contributed by atoms with Gasteiger partial charge in [-0.3, -0.25) is 4.79 Å². The van der Waals surface area contributed by atoms with Crippen molar-refractivity contribution in [2.45, 2.75) is 32.2 Å². The molecule has 0 bridgehead atoms. The van der Waals surface area contributed by atoms with E-state index in [-0.39, 0.29) is 11.9 Å². The quantitative estimate of drug-likeness (QED) is 0.888. The highest BCUT2D eigenvalue weighted by molar-refractivity contribution is 7.11. The second-order valence-electron chi connectivity index (χ2n) is 5.47. The van der Waals surface area contributed by atoms with E-state index < -0.39 is 0 Å². The molecule has 1 aliphatic heterocycles. The molecule has 3 rings (SSSR count). The summed E-state index contributed by atoms with van der Waals surface area (Å²) in [6.07, 6.45) is 4.87. The highest BCUT2D eigenvalue weighted by Crippen LogP contribution is 2.21.